The zero-order valence-corrected chi connectivity index (χ0v) is 12.1. The minimum Gasteiger partial charge on any atom is -0.493 e. The van der Waals surface area contributed by atoms with Crippen LogP contribution >= 0.6 is 15.9 Å². The van der Waals surface area contributed by atoms with E-state index < -0.39 is 0 Å². The van der Waals surface area contributed by atoms with Gasteiger partial charge in [0.05, 0.1) is 12.5 Å². The lowest BCUT2D eigenvalue weighted by molar-refractivity contribution is -0.147. The Morgan fingerprint density at radius 3 is 2.37 bits per heavy atom. The van der Waals surface area contributed by atoms with Gasteiger partial charge in [0.25, 0.3) is 0 Å². The number of carbonyl (C=O) groups is 2. The molecule has 3 aliphatic carbocycles. The molecule has 0 spiro atoms. The monoisotopic (exact) mass is 322 g/mol. The molecule has 3 saturated carbocycles. The van der Waals surface area contributed by atoms with Crippen LogP contribution in [-0.2, 0) is 9.59 Å². The normalized spacial score (nSPS) is 29.6. The van der Waals surface area contributed by atoms with E-state index in [0.29, 0.717) is 25.9 Å². The molecule has 0 radical (unpaired) electrons. The Morgan fingerprint density at radius 2 is 1.79 bits per heavy atom. The molecule has 0 N–H and O–H groups in total. The van der Waals surface area contributed by atoms with Crippen LogP contribution in [-0.4, -0.2) is 18.2 Å². The average molecular weight is 323 g/mol. The Bertz CT molecular complexity index is 503. The van der Waals surface area contributed by atoms with Crippen LogP contribution in [0.1, 0.15) is 25.7 Å². The van der Waals surface area contributed by atoms with Gasteiger partial charge in [-0.05, 0) is 37.1 Å². The third kappa shape index (κ3) is 2.46. The first-order chi connectivity index (χ1) is 9.08. The lowest BCUT2D eigenvalue weighted by Crippen LogP contribution is -2.49. The number of rotatable bonds is 3. The van der Waals surface area contributed by atoms with E-state index in [-0.39, 0.29) is 22.9 Å². The van der Waals surface area contributed by atoms with Crippen LogP contribution in [0, 0.1) is 11.3 Å². The highest BCUT2D eigenvalue weighted by Gasteiger charge is 2.50. The number of carbonyl (C=O) groups excluding carboxylic acids is 2. The smallest absolute Gasteiger partial charge is 0.144 e. The standard InChI is InChI=1S/C15H15BrO3/c16-10-1-3-11(4-2-10)19-9-15-6-5-12(13(17)7-15)14(18)8-15/h1-4,12H,5-9H2. The Kier molecular flexibility index (Phi) is 3.21. The summed E-state index contributed by atoms with van der Waals surface area (Å²) in [6.45, 7) is 0.457. The third-order valence-electron chi connectivity index (χ3n) is 4.20. The van der Waals surface area contributed by atoms with E-state index in [1.54, 1.807) is 0 Å². The predicted molar refractivity (Wildman–Crippen MR) is 74.0 cm³/mol. The fourth-order valence-corrected chi connectivity index (χ4v) is 3.38. The average Bonchev–Trinajstić information content (AvgIpc) is 2.38. The van der Waals surface area contributed by atoms with Gasteiger partial charge in [0.1, 0.15) is 17.3 Å². The van der Waals surface area contributed by atoms with Crippen molar-refractivity contribution < 1.29 is 14.3 Å². The first-order valence-corrected chi connectivity index (χ1v) is 7.31. The van der Waals surface area contributed by atoms with Crippen molar-refractivity contribution in [2.75, 3.05) is 6.61 Å². The number of benzene rings is 1. The second-order valence-corrected chi connectivity index (χ2v) is 6.54. The van der Waals surface area contributed by atoms with Crippen molar-refractivity contribution in [2.24, 2.45) is 11.3 Å². The maximum absolute atomic E-state index is 11.8. The highest BCUT2D eigenvalue weighted by atomic mass is 79.9. The molecule has 3 aliphatic rings. The van der Waals surface area contributed by atoms with Crippen molar-refractivity contribution in [1.82, 2.24) is 0 Å². The van der Waals surface area contributed by atoms with Gasteiger partial charge < -0.3 is 4.74 Å². The van der Waals surface area contributed by atoms with Gasteiger partial charge in [-0.15, -0.1) is 0 Å². The quantitative estimate of drug-likeness (QED) is 0.803. The highest BCUT2D eigenvalue weighted by molar-refractivity contribution is 9.10. The van der Waals surface area contributed by atoms with Gasteiger partial charge in [0, 0.05) is 22.7 Å². The summed E-state index contributed by atoms with van der Waals surface area (Å²) in [6, 6.07) is 7.61. The molecule has 4 rings (SSSR count). The molecule has 1 aromatic rings. The molecule has 0 heterocycles. The molecule has 3 fully saturated rings. The molecule has 4 heteroatoms. The number of Topliss-reactive ketones (excluding diaryl/α,β-unsaturated/α-hetero) is 2. The minimum atomic E-state index is -0.311. The van der Waals surface area contributed by atoms with E-state index in [0.717, 1.165) is 16.6 Å². The maximum Gasteiger partial charge on any atom is 0.144 e. The molecule has 1 aromatic carbocycles. The minimum absolute atomic E-state index is 0.113. The molecule has 0 amide bonds. The third-order valence-corrected chi connectivity index (χ3v) is 4.73. The zero-order chi connectivity index (χ0) is 13.5. The maximum atomic E-state index is 11.8. The Labute approximate surface area is 120 Å². The molecule has 0 atom stereocenters. The molecule has 3 nitrogen and oxygen atoms in total. The molecule has 100 valence electrons. The number of ether oxygens (including phenoxy) is 1. The molecule has 2 bridgehead atoms. The van der Waals surface area contributed by atoms with Crippen molar-refractivity contribution in [3.05, 3.63) is 28.7 Å². The SMILES string of the molecule is O=C1CC2(COc3ccc(Br)cc3)CCC1C(=O)C2. The van der Waals surface area contributed by atoms with Crippen LogP contribution in [0.3, 0.4) is 0 Å². The molecule has 19 heavy (non-hydrogen) atoms. The van der Waals surface area contributed by atoms with Gasteiger partial charge in [-0.2, -0.15) is 0 Å². The Morgan fingerprint density at radius 1 is 1.16 bits per heavy atom. The van der Waals surface area contributed by atoms with E-state index in [2.05, 4.69) is 15.9 Å². The number of hydrogen-bond acceptors (Lipinski definition) is 3. The number of hydrogen-bond donors (Lipinski definition) is 0. The topological polar surface area (TPSA) is 43.4 Å². The molecule has 0 saturated heterocycles. The summed E-state index contributed by atoms with van der Waals surface area (Å²) >= 11 is 3.37. The summed E-state index contributed by atoms with van der Waals surface area (Å²) in [6.07, 6.45) is 2.63. The summed E-state index contributed by atoms with van der Waals surface area (Å²) in [5, 5.41) is 0. The fraction of sp³-hybridized carbons (Fsp3) is 0.467. The molecule has 0 aromatic heterocycles. The summed E-state index contributed by atoms with van der Waals surface area (Å²) in [5.74, 6) is 0.698. The van der Waals surface area contributed by atoms with Crippen LogP contribution in [0.4, 0.5) is 0 Å². The Balaban J connectivity index is 1.70. The lowest BCUT2D eigenvalue weighted by atomic mass is 9.60. The predicted octanol–water partition coefficient (Wildman–Crippen LogP) is 3.16. The van der Waals surface area contributed by atoms with Crippen LogP contribution in [0.5, 0.6) is 5.75 Å². The van der Waals surface area contributed by atoms with Gasteiger partial charge in [-0.3, -0.25) is 9.59 Å². The molecule has 0 aliphatic heterocycles. The van der Waals surface area contributed by atoms with Crippen molar-refractivity contribution in [2.45, 2.75) is 25.7 Å². The number of halogens is 1. The highest BCUT2D eigenvalue weighted by Crippen LogP contribution is 2.46. The van der Waals surface area contributed by atoms with Crippen molar-refractivity contribution >= 4 is 27.5 Å². The first-order valence-electron chi connectivity index (χ1n) is 6.52. The summed E-state index contributed by atoms with van der Waals surface area (Å²) in [5.41, 5.74) is -0.254. The fourth-order valence-electron chi connectivity index (χ4n) is 3.12. The van der Waals surface area contributed by atoms with Gasteiger partial charge >= 0.3 is 0 Å². The van der Waals surface area contributed by atoms with Crippen LogP contribution in [0.25, 0.3) is 0 Å². The van der Waals surface area contributed by atoms with Crippen LogP contribution in [0.15, 0.2) is 28.7 Å². The lowest BCUT2D eigenvalue weighted by Gasteiger charge is -2.43. The molecular weight excluding hydrogens is 308 g/mol. The summed E-state index contributed by atoms with van der Waals surface area (Å²) < 4.78 is 6.79. The van der Waals surface area contributed by atoms with E-state index >= 15 is 0 Å². The van der Waals surface area contributed by atoms with E-state index in [9.17, 15) is 9.59 Å². The van der Waals surface area contributed by atoms with E-state index in [1.165, 1.54) is 0 Å². The number of fused-ring (bicyclic) bond motifs is 3. The van der Waals surface area contributed by atoms with E-state index in [1.807, 2.05) is 24.3 Å². The zero-order valence-electron chi connectivity index (χ0n) is 10.5. The van der Waals surface area contributed by atoms with Gasteiger partial charge in [0.2, 0.25) is 0 Å². The molecule has 0 unspecified atom stereocenters. The number of ketones is 2. The first kappa shape index (κ1) is 12.9. The van der Waals surface area contributed by atoms with Crippen LogP contribution < -0.4 is 4.74 Å². The van der Waals surface area contributed by atoms with Gasteiger partial charge in [-0.1, -0.05) is 15.9 Å². The molecular formula is C15H15BrO3. The van der Waals surface area contributed by atoms with Crippen LogP contribution in [0.2, 0.25) is 0 Å². The second kappa shape index (κ2) is 4.75. The van der Waals surface area contributed by atoms with Crippen molar-refractivity contribution in [1.29, 1.82) is 0 Å². The second-order valence-electron chi connectivity index (χ2n) is 5.62. The van der Waals surface area contributed by atoms with Gasteiger partial charge in [-0.25, -0.2) is 0 Å². The van der Waals surface area contributed by atoms with Crippen molar-refractivity contribution in [3.63, 3.8) is 0 Å². The summed E-state index contributed by atoms with van der Waals surface area (Å²) in [7, 11) is 0. The Hall–Kier alpha value is -1.16. The van der Waals surface area contributed by atoms with Gasteiger partial charge in [0.15, 0.2) is 0 Å². The van der Waals surface area contributed by atoms with E-state index in [4.69, 9.17) is 4.74 Å². The summed E-state index contributed by atoms with van der Waals surface area (Å²) in [4.78, 5) is 23.7. The van der Waals surface area contributed by atoms with Crippen molar-refractivity contribution in [3.8, 4) is 5.75 Å². The largest absolute Gasteiger partial charge is 0.493 e.